The first-order valence-electron chi connectivity index (χ1n) is 4.75. The number of nitrogens with two attached hydrogens (primary N) is 1. The van der Waals surface area contributed by atoms with E-state index in [1.165, 1.54) is 11.8 Å². The summed E-state index contributed by atoms with van der Waals surface area (Å²) >= 11 is 1.24. The van der Waals surface area contributed by atoms with E-state index in [9.17, 15) is 9.59 Å². The van der Waals surface area contributed by atoms with Crippen molar-refractivity contribution in [1.29, 1.82) is 0 Å². The summed E-state index contributed by atoms with van der Waals surface area (Å²) in [4.78, 5) is 22.0. The van der Waals surface area contributed by atoms with Crippen LogP contribution in [0.1, 0.15) is 10.4 Å². The van der Waals surface area contributed by atoms with E-state index in [0.717, 1.165) is 0 Å². The average Bonchev–Trinajstić information content (AvgIpc) is 2.29. The standard InChI is InChI=1S/C11H13NO3S/c12-9(11(14)15)6-16-7-10(13)8-4-2-1-3-5-8/h1-5,9H,6-7,12H2,(H,14,15)/t9-/m0/s1. The van der Waals surface area contributed by atoms with Crippen LogP contribution in [0.3, 0.4) is 0 Å². The molecule has 3 N–H and O–H groups in total. The van der Waals surface area contributed by atoms with Crippen molar-refractivity contribution < 1.29 is 14.7 Å². The summed E-state index contributed by atoms with van der Waals surface area (Å²) in [7, 11) is 0. The molecule has 0 saturated heterocycles. The van der Waals surface area contributed by atoms with Crippen LogP contribution in [0, 0.1) is 0 Å². The quantitative estimate of drug-likeness (QED) is 0.724. The van der Waals surface area contributed by atoms with Crippen molar-refractivity contribution in [2.24, 2.45) is 5.73 Å². The number of carbonyl (C=O) groups excluding carboxylic acids is 1. The molecule has 4 nitrogen and oxygen atoms in total. The van der Waals surface area contributed by atoms with Gasteiger partial charge in [0.25, 0.3) is 0 Å². The average molecular weight is 239 g/mol. The maximum absolute atomic E-state index is 11.6. The molecule has 1 rings (SSSR count). The first kappa shape index (κ1) is 12.7. The Labute approximate surface area is 97.8 Å². The Hall–Kier alpha value is -1.33. The van der Waals surface area contributed by atoms with E-state index in [4.69, 9.17) is 10.8 Å². The van der Waals surface area contributed by atoms with Crippen LogP contribution in [0.25, 0.3) is 0 Å². The summed E-state index contributed by atoms with van der Waals surface area (Å²) in [5.74, 6) is -0.554. The Morgan fingerprint density at radius 2 is 1.94 bits per heavy atom. The second-order valence-electron chi connectivity index (χ2n) is 3.25. The summed E-state index contributed by atoms with van der Waals surface area (Å²) in [6.45, 7) is 0. The predicted molar refractivity (Wildman–Crippen MR) is 63.7 cm³/mol. The third-order valence-corrected chi connectivity index (χ3v) is 3.00. The van der Waals surface area contributed by atoms with Gasteiger partial charge in [-0.3, -0.25) is 9.59 Å². The lowest BCUT2D eigenvalue weighted by molar-refractivity contribution is -0.137. The maximum Gasteiger partial charge on any atom is 0.321 e. The summed E-state index contributed by atoms with van der Waals surface area (Å²) in [6.07, 6.45) is 0. The number of thioether (sulfide) groups is 1. The SMILES string of the molecule is N[C@@H](CSCC(=O)c1ccccc1)C(=O)O. The lowest BCUT2D eigenvalue weighted by Gasteiger charge is -2.05. The first-order valence-corrected chi connectivity index (χ1v) is 5.91. The largest absolute Gasteiger partial charge is 0.480 e. The minimum atomic E-state index is -1.04. The number of benzene rings is 1. The van der Waals surface area contributed by atoms with Crippen molar-refractivity contribution in [3.8, 4) is 0 Å². The molecule has 0 radical (unpaired) electrons. The van der Waals surface area contributed by atoms with Gasteiger partial charge >= 0.3 is 5.97 Å². The van der Waals surface area contributed by atoms with Crippen LogP contribution in [-0.4, -0.2) is 34.4 Å². The lowest BCUT2D eigenvalue weighted by atomic mass is 10.2. The van der Waals surface area contributed by atoms with Crippen molar-refractivity contribution in [3.05, 3.63) is 35.9 Å². The van der Waals surface area contributed by atoms with Crippen molar-refractivity contribution in [3.63, 3.8) is 0 Å². The molecule has 0 bridgehead atoms. The number of carboxylic acids is 1. The van der Waals surface area contributed by atoms with E-state index in [0.29, 0.717) is 5.56 Å². The molecule has 1 atom stereocenters. The predicted octanol–water partition coefficient (Wildman–Crippen LogP) is 1.01. The molecular formula is C11H13NO3S. The van der Waals surface area contributed by atoms with E-state index in [-0.39, 0.29) is 17.3 Å². The fourth-order valence-corrected chi connectivity index (χ4v) is 1.92. The Morgan fingerprint density at radius 3 is 2.50 bits per heavy atom. The molecule has 5 heteroatoms. The summed E-state index contributed by atoms with van der Waals surface area (Å²) in [6, 6.07) is 7.99. The van der Waals surface area contributed by atoms with Gasteiger partial charge in [-0.1, -0.05) is 30.3 Å². The Balaban J connectivity index is 2.34. The van der Waals surface area contributed by atoms with Gasteiger partial charge in [0.05, 0.1) is 5.75 Å². The number of hydrogen-bond acceptors (Lipinski definition) is 4. The molecule has 0 fully saturated rings. The Kier molecular flexibility index (Phi) is 5.01. The molecular weight excluding hydrogens is 226 g/mol. The second-order valence-corrected chi connectivity index (χ2v) is 4.28. The van der Waals surface area contributed by atoms with Crippen LogP contribution in [0.15, 0.2) is 30.3 Å². The van der Waals surface area contributed by atoms with Gasteiger partial charge in [0.15, 0.2) is 5.78 Å². The molecule has 0 saturated carbocycles. The van der Waals surface area contributed by atoms with Gasteiger partial charge in [0.1, 0.15) is 6.04 Å². The summed E-state index contributed by atoms with van der Waals surface area (Å²) in [5, 5.41) is 8.54. The molecule has 0 heterocycles. The number of aliphatic carboxylic acids is 1. The topological polar surface area (TPSA) is 80.4 Å². The van der Waals surface area contributed by atoms with Crippen molar-refractivity contribution in [2.75, 3.05) is 11.5 Å². The van der Waals surface area contributed by atoms with Gasteiger partial charge in [0, 0.05) is 11.3 Å². The van der Waals surface area contributed by atoms with E-state index in [2.05, 4.69) is 0 Å². The third kappa shape index (κ3) is 4.04. The van der Waals surface area contributed by atoms with Gasteiger partial charge in [-0.15, -0.1) is 0 Å². The third-order valence-electron chi connectivity index (χ3n) is 1.94. The number of carbonyl (C=O) groups is 2. The molecule has 0 amide bonds. The number of Topliss-reactive ketones (excluding diaryl/α,β-unsaturated/α-hetero) is 1. The van der Waals surface area contributed by atoms with Crippen molar-refractivity contribution >= 4 is 23.5 Å². The fourth-order valence-electron chi connectivity index (χ4n) is 1.06. The van der Waals surface area contributed by atoms with E-state index >= 15 is 0 Å². The molecule has 0 aliphatic heterocycles. The fraction of sp³-hybridized carbons (Fsp3) is 0.273. The summed E-state index contributed by atoms with van der Waals surface area (Å²) in [5.41, 5.74) is 5.95. The highest BCUT2D eigenvalue weighted by Gasteiger charge is 2.12. The van der Waals surface area contributed by atoms with Crippen molar-refractivity contribution in [1.82, 2.24) is 0 Å². The Morgan fingerprint density at radius 1 is 1.31 bits per heavy atom. The normalized spacial score (nSPS) is 12.1. The number of rotatable bonds is 6. The smallest absolute Gasteiger partial charge is 0.321 e. The minimum absolute atomic E-state index is 0.0109. The molecule has 86 valence electrons. The zero-order valence-electron chi connectivity index (χ0n) is 8.63. The van der Waals surface area contributed by atoms with Gasteiger partial charge in [0.2, 0.25) is 0 Å². The monoisotopic (exact) mass is 239 g/mol. The number of ketones is 1. The van der Waals surface area contributed by atoms with E-state index in [1.807, 2.05) is 6.07 Å². The molecule has 0 aliphatic rings. The molecule has 0 aromatic heterocycles. The molecule has 0 unspecified atom stereocenters. The minimum Gasteiger partial charge on any atom is -0.480 e. The zero-order chi connectivity index (χ0) is 12.0. The van der Waals surface area contributed by atoms with E-state index < -0.39 is 12.0 Å². The lowest BCUT2D eigenvalue weighted by Crippen LogP contribution is -2.32. The maximum atomic E-state index is 11.6. The van der Waals surface area contributed by atoms with Crippen LogP contribution in [0.4, 0.5) is 0 Å². The molecule has 1 aromatic rings. The van der Waals surface area contributed by atoms with Crippen LogP contribution in [-0.2, 0) is 4.79 Å². The zero-order valence-corrected chi connectivity index (χ0v) is 9.44. The van der Waals surface area contributed by atoms with Crippen LogP contribution >= 0.6 is 11.8 Å². The van der Waals surface area contributed by atoms with Crippen LogP contribution in [0.2, 0.25) is 0 Å². The molecule has 1 aromatic carbocycles. The highest BCUT2D eigenvalue weighted by Crippen LogP contribution is 2.08. The summed E-state index contributed by atoms with van der Waals surface area (Å²) < 4.78 is 0. The molecule has 16 heavy (non-hydrogen) atoms. The van der Waals surface area contributed by atoms with Crippen LogP contribution in [0.5, 0.6) is 0 Å². The van der Waals surface area contributed by atoms with E-state index in [1.54, 1.807) is 24.3 Å². The van der Waals surface area contributed by atoms with Gasteiger partial charge in [-0.25, -0.2) is 0 Å². The van der Waals surface area contributed by atoms with Gasteiger partial charge in [-0.2, -0.15) is 11.8 Å². The van der Waals surface area contributed by atoms with Gasteiger partial charge < -0.3 is 10.8 Å². The molecule has 0 aliphatic carbocycles. The Bertz CT molecular complexity index is 367. The molecule has 0 spiro atoms. The first-order chi connectivity index (χ1) is 7.61. The number of carboxylic acid groups (broad SMARTS) is 1. The van der Waals surface area contributed by atoms with Crippen LogP contribution < -0.4 is 5.73 Å². The van der Waals surface area contributed by atoms with Gasteiger partial charge in [-0.05, 0) is 0 Å². The highest BCUT2D eigenvalue weighted by atomic mass is 32.2. The number of hydrogen-bond donors (Lipinski definition) is 2. The van der Waals surface area contributed by atoms with Crippen molar-refractivity contribution in [2.45, 2.75) is 6.04 Å². The second kappa shape index (κ2) is 6.30. The highest BCUT2D eigenvalue weighted by molar-refractivity contribution is 8.00.